The molecule has 5 rings (SSSR count). The van der Waals surface area contributed by atoms with Gasteiger partial charge in [-0.05, 0) is 57.9 Å². The van der Waals surface area contributed by atoms with Gasteiger partial charge in [-0.2, -0.15) is 0 Å². The summed E-state index contributed by atoms with van der Waals surface area (Å²) in [5, 5.41) is 16.4. The highest BCUT2D eigenvalue weighted by atomic mass is 16.6. The van der Waals surface area contributed by atoms with Crippen molar-refractivity contribution in [3.05, 3.63) is 129 Å². The van der Waals surface area contributed by atoms with Crippen LogP contribution in [0.3, 0.4) is 0 Å². The lowest BCUT2D eigenvalue weighted by atomic mass is 9.93. The molecule has 49 heavy (non-hydrogen) atoms. The fourth-order valence-electron chi connectivity index (χ4n) is 6.02. The molecule has 0 spiro atoms. The zero-order valence-electron chi connectivity index (χ0n) is 27.9. The molecule has 0 heterocycles. The van der Waals surface area contributed by atoms with Crippen LogP contribution in [0.1, 0.15) is 55.4 Å². The van der Waals surface area contributed by atoms with Gasteiger partial charge in [0.1, 0.15) is 6.61 Å². The van der Waals surface area contributed by atoms with Crippen LogP contribution in [0, 0.1) is 22.0 Å². The maximum Gasteiger partial charge on any atom is 0.407 e. The van der Waals surface area contributed by atoms with Crippen molar-refractivity contribution in [2.45, 2.75) is 52.2 Å². The van der Waals surface area contributed by atoms with E-state index >= 15 is 0 Å². The van der Waals surface area contributed by atoms with E-state index in [0.29, 0.717) is 25.3 Å². The number of alkyl carbamates (subject to hydrolysis) is 1. The van der Waals surface area contributed by atoms with E-state index in [2.05, 4.69) is 22.8 Å². The SMILES string of the molecule is CC(C)[C@H](NC(=O)OCC1c2ccccc2-c2ccccc21)C(=O)C[C@@H](C)C(=O)Nc1ccc(COCCc2ccc([N+](=O)[O-])cc2)cc1. The third kappa shape index (κ3) is 8.97. The van der Waals surface area contributed by atoms with Crippen LogP contribution in [0.4, 0.5) is 16.2 Å². The van der Waals surface area contributed by atoms with Gasteiger partial charge in [0.2, 0.25) is 5.91 Å². The Balaban J connectivity index is 1.06. The fraction of sp³-hybridized carbons (Fsp3) is 0.308. The Morgan fingerprint density at radius 2 is 1.41 bits per heavy atom. The number of nitrogens with zero attached hydrogens (tertiary/aromatic N) is 1. The summed E-state index contributed by atoms with van der Waals surface area (Å²) in [6.07, 6.45) is -0.0814. The number of rotatable bonds is 15. The van der Waals surface area contributed by atoms with Crippen molar-refractivity contribution in [2.75, 3.05) is 18.5 Å². The molecule has 1 aliphatic rings. The van der Waals surface area contributed by atoms with Crippen molar-refractivity contribution in [2.24, 2.45) is 11.8 Å². The number of benzene rings is 4. The summed E-state index contributed by atoms with van der Waals surface area (Å²) in [5.74, 6) is -1.46. The van der Waals surface area contributed by atoms with Crippen LogP contribution < -0.4 is 10.6 Å². The smallest absolute Gasteiger partial charge is 0.407 e. The Bertz CT molecular complexity index is 1740. The van der Waals surface area contributed by atoms with Crippen molar-refractivity contribution < 1.29 is 28.8 Å². The molecule has 1 aliphatic carbocycles. The molecule has 4 aromatic carbocycles. The number of hydrogen-bond acceptors (Lipinski definition) is 7. The minimum Gasteiger partial charge on any atom is -0.449 e. The molecule has 0 radical (unpaired) electrons. The fourth-order valence-corrected chi connectivity index (χ4v) is 6.02. The molecule has 2 N–H and O–H groups in total. The highest BCUT2D eigenvalue weighted by Gasteiger charge is 2.31. The highest BCUT2D eigenvalue weighted by Crippen LogP contribution is 2.44. The monoisotopic (exact) mass is 663 g/mol. The second-order valence-electron chi connectivity index (χ2n) is 12.7. The van der Waals surface area contributed by atoms with Crippen LogP contribution in [0.15, 0.2) is 97.1 Å². The van der Waals surface area contributed by atoms with Crippen LogP contribution in [0.2, 0.25) is 0 Å². The molecule has 2 amide bonds. The van der Waals surface area contributed by atoms with Crippen LogP contribution in [-0.4, -0.2) is 42.0 Å². The van der Waals surface area contributed by atoms with E-state index in [0.717, 1.165) is 33.4 Å². The van der Waals surface area contributed by atoms with Gasteiger partial charge in [-0.15, -0.1) is 0 Å². The van der Waals surface area contributed by atoms with Crippen molar-refractivity contribution in [1.29, 1.82) is 0 Å². The molecule has 0 aromatic heterocycles. The number of ether oxygens (including phenoxy) is 2. The predicted molar refractivity (Wildman–Crippen MR) is 187 cm³/mol. The summed E-state index contributed by atoms with van der Waals surface area (Å²) in [7, 11) is 0. The third-order valence-electron chi connectivity index (χ3n) is 8.76. The molecular formula is C39H41N3O7. The minimum atomic E-state index is -0.800. The summed E-state index contributed by atoms with van der Waals surface area (Å²) in [4.78, 5) is 49.5. The molecule has 10 heteroatoms. The van der Waals surface area contributed by atoms with Crippen LogP contribution in [0.5, 0.6) is 0 Å². The summed E-state index contributed by atoms with van der Waals surface area (Å²) in [6.45, 7) is 6.35. The summed E-state index contributed by atoms with van der Waals surface area (Å²) >= 11 is 0. The van der Waals surface area contributed by atoms with Gasteiger partial charge < -0.3 is 20.1 Å². The zero-order valence-corrected chi connectivity index (χ0v) is 27.9. The van der Waals surface area contributed by atoms with Gasteiger partial charge in [-0.1, -0.05) is 93.6 Å². The van der Waals surface area contributed by atoms with Crippen molar-refractivity contribution in [1.82, 2.24) is 5.32 Å². The van der Waals surface area contributed by atoms with Gasteiger partial charge in [0.15, 0.2) is 5.78 Å². The molecule has 0 fully saturated rings. The molecule has 0 aliphatic heterocycles. The molecule has 0 saturated heterocycles. The van der Waals surface area contributed by atoms with E-state index in [4.69, 9.17) is 9.47 Å². The van der Waals surface area contributed by atoms with Crippen LogP contribution in [-0.2, 0) is 32.1 Å². The van der Waals surface area contributed by atoms with Crippen LogP contribution in [0.25, 0.3) is 11.1 Å². The van der Waals surface area contributed by atoms with E-state index in [9.17, 15) is 24.5 Å². The number of carbonyl (C=O) groups is 3. The molecule has 2 atom stereocenters. The molecular weight excluding hydrogens is 622 g/mol. The number of nitro groups is 1. The largest absolute Gasteiger partial charge is 0.449 e. The van der Waals surface area contributed by atoms with E-state index in [1.165, 1.54) is 12.1 Å². The lowest BCUT2D eigenvalue weighted by Crippen LogP contribution is -2.45. The van der Waals surface area contributed by atoms with Crippen molar-refractivity contribution in [3.63, 3.8) is 0 Å². The minimum absolute atomic E-state index is 0.0426. The Kier molecular flexibility index (Phi) is 11.5. The van der Waals surface area contributed by atoms with E-state index in [1.54, 1.807) is 31.2 Å². The number of anilines is 1. The topological polar surface area (TPSA) is 137 Å². The van der Waals surface area contributed by atoms with Gasteiger partial charge in [0.25, 0.3) is 5.69 Å². The van der Waals surface area contributed by atoms with E-state index in [1.807, 2.05) is 62.4 Å². The Labute approximate surface area is 286 Å². The lowest BCUT2D eigenvalue weighted by Gasteiger charge is -2.23. The highest BCUT2D eigenvalue weighted by molar-refractivity contribution is 5.97. The maximum absolute atomic E-state index is 13.3. The van der Waals surface area contributed by atoms with Crippen molar-refractivity contribution in [3.8, 4) is 11.1 Å². The number of Topliss-reactive ketones (excluding diaryl/α,β-unsaturated/α-hetero) is 1. The number of fused-ring (bicyclic) bond motifs is 3. The number of carbonyl (C=O) groups excluding carboxylic acids is 3. The van der Waals surface area contributed by atoms with Crippen LogP contribution >= 0.6 is 0 Å². The predicted octanol–water partition coefficient (Wildman–Crippen LogP) is 7.45. The average Bonchev–Trinajstić information content (AvgIpc) is 3.42. The maximum atomic E-state index is 13.3. The van der Waals surface area contributed by atoms with Gasteiger partial charge in [-0.25, -0.2) is 4.79 Å². The lowest BCUT2D eigenvalue weighted by molar-refractivity contribution is -0.384. The molecule has 0 bridgehead atoms. The molecule has 4 aromatic rings. The summed E-state index contributed by atoms with van der Waals surface area (Å²) < 4.78 is 11.4. The Morgan fingerprint density at radius 1 is 0.816 bits per heavy atom. The van der Waals surface area contributed by atoms with Gasteiger partial charge in [0.05, 0.1) is 24.2 Å². The third-order valence-corrected chi connectivity index (χ3v) is 8.76. The number of hydrogen-bond donors (Lipinski definition) is 2. The molecule has 10 nitrogen and oxygen atoms in total. The van der Waals surface area contributed by atoms with Crippen molar-refractivity contribution >= 4 is 29.2 Å². The first-order valence-corrected chi connectivity index (χ1v) is 16.5. The first kappa shape index (κ1) is 35.0. The second kappa shape index (κ2) is 16.2. The number of non-ortho nitro benzene ring substituents is 1. The number of nitro benzene ring substituents is 1. The summed E-state index contributed by atoms with van der Waals surface area (Å²) in [5.41, 5.74) is 6.99. The number of ketones is 1. The Morgan fingerprint density at radius 3 is 2.00 bits per heavy atom. The standard InChI is InChI=1S/C39H41N3O7/c1-25(2)37(41-39(45)49-24-35-33-10-6-4-8-31(33)32-9-5-7-11-34(32)35)36(43)22-26(3)38(44)40-29-16-12-28(13-17-29)23-48-21-20-27-14-18-30(19-15-27)42(46)47/h4-19,25-26,35,37H,20-24H2,1-3H3,(H,40,44)(H,41,45)/t26-,37+/m1/s1. The summed E-state index contributed by atoms with van der Waals surface area (Å²) in [6, 6.07) is 29.0. The van der Waals surface area contributed by atoms with Gasteiger partial charge in [-0.3, -0.25) is 19.7 Å². The van der Waals surface area contributed by atoms with Gasteiger partial charge >= 0.3 is 6.09 Å². The van der Waals surface area contributed by atoms with Gasteiger partial charge in [0, 0.05) is 36.1 Å². The molecule has 254 valence electrons. The van der Waals surface area contributed by atoms with E-state index < -0.39 is 23.0 Å². The quantitative estimate of drug-likeness (QED) is 0.0766. The normalized spacial score (nSPS) is 13.2. The average molecular weight is 664 g/mol. The number of nitrogens with one attached hydrogen (secondary N) is 2. The first-order valence-electron chi connectivity index (χ1n) is 16.5. The second-order valence-corrected chi connectivity index (χ2v) is 12.7. The molecule has 0 unspecified atom stereocenters. The van der Waals surface area contributed by atoms with E-state index in [-0.39, 0.29) is 42.2 Å². The zero-order chi connectivity index (χ0) is 34.9. The number of amides is 2. The Hall–Kier alpha value is -5.35. The first-order chi connectivity index (χ1) is 23.6. The molecule has 0 saturated carbocycles.